The fraction of sp³-hybridized carbons (Fsp3) is 0.636. The third kappa shape index (κ3) is 3.06. The molecule has 0 radical (unpaired) electrons. The van der Waals surface area contributed by atoms with Gasteiger partial charge in [-0.1, -0.05) is 0 Å². The van der Waals surface area contributed by atoms with E-state index in [2.05, 4.69) is 27.1 Å². The van der Waals surface area contributed by atoms with E-state index in [-0.39, 0.29) is 0 Å². The number of nitrogens with two attached hydrogens (primary N) is 1. The maximum atomic E-state index is 5.57. The molecule has 16 heavy (non-hydrogen) atoms. The maximum Gasteiger partial charge on any atom is 0.147 e. The summed E-state index contributed by atoms with van der Waals surface area (Å²) in [6.07, 6.45) is 5.91. The zero-order valence-corrected chi connectivity index (χ0v) is 9.69. The number of nitrogens with zero attached hydrogens (tertiary/aromatic N) is 3. The highest BCUT2D eigenvalue weighted by molar-refractivity contribution is 5.38. The average Bonchev–Trinajstić information content (AvgIpc) is 2.70. The van der Waals surface area contributed by atoms with Gasteiger partial charge in [0.05, 0.1) is 12.4 Å². The van der Waals surface area contributed by atoms with Gasteiger partial charge in [-0.15, -0.1) is 0 Å². The first-order valence-corrected chi connectivity index (χ1v) is 5.80. The summed E-state index contributed by atoms with van der Waals surface area (Å²) in [7, 11) is 0. The lowest BCUT2D eigenvalue weighted by molar-refractivity contribution is 0.327. The van der Waals surface area contributed by atoms with Crippen molar-refractivity contribution in [3.8, 4) is 0 Å². The Labute approximate surface area is 96.1 Å². The molecule has 0 spiro atoms. The SMILES string of the molecule is CC(CN1CCCC1)Nc1cncc(N)n1. The number of hydrogen-bond acceptors (Lipinski definition) is 5. The second kappa shape index (κ2) is 5.12. The minimum atomic E-state index is 0.370. The summed E-state index contributed by atoms with van der Waals surface area (Å²) in [5.74, 6) is 1.21. The predicted molar refractivity (Wildman–Crippen MR) is 65.2 cm³/mol. The minimum absolute atomic E-state index is 0.370. The van der Waals surface area contributed by atoms with Crippen LogP contribution in [0.5, 0.6) is 0 Å². The Kier molecular flexibility index (Phi) is 3.56. The van der Waals surface area contributed by atoms with E-state index in [4.69, 9.17) is 5.73 Å². The number of anilines is 2. The van der Waals surface area contributed by atoms with E-state index in [0.717, 1.165) is 12.4 Å². The van der Waals surface area contributed by atoms with Crippen LogP contribution in [-0.2, 0) is 0 Å². The molecule has 1 aromatic heterocycles. The van der Waals surface area contributed by atoms with Crippen LogP contribution in [0.2, 0.25) is 0 Å². The number of aromatic nitrogens is 2. The van der Waals surface area contributed by atoms with Gasteiger partial charge in [0.1, 0.15) is 11.6 Å². The lowest BCUT2D eigenvalue weighted by atomic mass is 10.3. The van der Waals surface area contributed by atoms with Crippen LogP contribution in [0.4, 0.5) is 11.6 Å². The smallest absolute Gasteiger partial charge is 0.147 e. The van der Waals surface area contributed by atoms with Gasteiger partial charge >= 0.3 is 0 Å². The molecule has 5 nitrogen and oxygen atoms in total. The zero-order chi connectivity index (χ0) is 11.4. The van der Waals surface area contributed by atoms with Gasteiger partial charge in [-0.25, -0.2) is 4.98 Å². The standard InChI is InChI=1S/C11H19N5/c1-9(8-16-4-2-3-5-16)14-11-7-13-6-10(12)15-11/h6-7,9H,2-5,8H2,1H3,(H3,12,14,15). The van der Waals surface area contributed by atoms with Crippen molar-refractivity contribution in [2.45, 2.75) is 25.8 Å². The van der Waals surface area contributed by atoms with Crippen LogP contribution in [0.25, 0.3) is 0 Å². The third-order valence-electron chi connectivity index (χ3n) is 2.78. The van der Waals surface area contributed by atoms with E-state index >= 15 is 0 Å². The van der Waals surface area contributed by atoms with Crippen LogP contribution in [0.15, 0.2) is 12.4 Å². The average molecular weight is 221 g/mol. The maximum absolute atomic E-state index is 5.57. The molecule has 1 atom stereocenters. The van der Waals surface area contributed by atoms with Gasteiger partial charge in [0.25, 0.3) is 0 Å². The highest BCUT2D eigenvalue weighted by atomic mass is 15.2. The molecule has 1 saturated heterocycles. The van der Waals surface area contributed by atoms with E-state index in [9.17, 15) is 0 Å². The highest BCUT2D eigenvalue weighted by Gasteiger charge is 2.14. The molecule has 2 heterocycles. The van der Waals surface area contributed by atoms with Crippen molar-refractivity contribution in [1.82, 2.24) is 14.9 Å². The number of nitrogens with one attached hydrogen (secondary N) is 1. The van der Waals surface area contributed by atoms with E-state index in [0.29, 0.717) is 11.9 Å². The molecule has 0 aromatic carbocycles. The lowest BCUT2D eigenvalue weighted by Gasteiger charge is -2.21. The summed E-state index contributed by atoms with van der Waals surface area (Å²) >= 11 is 0. The first kappa shape index (κ1) is 11.1. The Morgan fingerprint density at radius 2 is 2.19 bits per heavy atom. The number of hydrogen-bond donors (Lipinski definition) is 2. The fourth-order valence-electron chi connectivity index (χ4n) is 2.10. The van der Waals surface area contributed by atoms with Crippen LogP contribution in [0.1, 0.15) is 19.8 Å². The third-order valence-corrected chi connectivity index (χ3v) is 2.78. The Bertz CT molecular complexity index is 335. The van der Waals surface area contributed by atoms with Gasteiger partial charge in [0.15, 0.2) is 0 Å². The molecule has 0 aliphatic carbocycles. The molecule has 1 aliphatic rings. The topological polar surface area (TPSA) is 67.1 Å². The van der Waals surface area contributed by atoms with Gasteiger partial charge < -0.3 is 16.0 Å². The zero-order valence-electron chi connectivity index (χ0n) is 9.69. The quantitative estimate of drug-likeness (QED) is 0.792. The van der Waals surface area contributed by atoms with Gasteiger partial charge in [-0.3, -0.25) is 4.98 Å². The van der Waals surface area contributed by atoms with Gasteiger partial charge in [-0.05, 0) is 32.9 Å². The Morgan fingerprint density at radius 3 is 2.88 bits per heavy atom. The number of nitrogen functional groups attached to an aromatic ring is 1. The van der Waals surface area contributed by atoms with Gasteiger partial charge in [-0.2, -0.15) is 0 Å². The first-order chi connectivity index (χ1) is 7.74. The molecule has 2 rings (SSSR count). The van der Waals surface area contributed by atoms with Crippen LogP contribution in [-0.4, -0.2) is 40.5 Å². The van der Waals surface area contributed by atoms with Crippen molar-refractivity contribution in [2.75, 3.05) is 30.7 Å². The molecule has 1 fully saturated rings. The minimum Gasteiger partial charge on any atom is -0.382 e. The predicted octanol–water partition coefficient (Wildman–Crippen LogP) is 0.955. The Morgan fingerprint density at radius 1 is 1.44 bits per heavy atom. The molecule has 1 unspecified atom stereocenters. The molecule has 1 aliphatic heterocycles. The molecular weight excluding hydrogens is 202 g/mol. The van der Waals surface area contributed by atoms with Crippen LogP contribution >= 0.6 is 0 Å². The number of likely N-dealkylation sites (tertiary alicyclic amines) is 1. The molecule has 0 bridgehead atoms. The lowest BCUT2D eigenvalue weighted by Crippen LogP contribution is -2.33. The molecule has 5 heteroatoms. The van der Waals surface area contributed by atoms with E-state index < -0.39 is 0 Å². The summed E-state index contributed by atoms with van der Waals surface area (Å²) in [6, 6.07) is 0.370. The summed E-state index contributed by atoms with van der Waals surface area (Å²) in [5, 5.41) is 3.31. The van der Waals surface area contributed by atoms with Gasteiger partial charge in [0, 0.05) is 12.6 Å². The monoisotopic (exact) mass is 221 g/mol. The summed E-state index contributed by atoms with van der Waals surface area (Å²) in [5.41, 5.74) is 5.57. The second-order valence-electron chi connectivity index (χ2n) is 4.38. The van der Waals surface area contributed by atoms with Crippen molar-refractivity contribution in [2.24, 2.45) is 0 Å². The summed E-state index contributed by atoms with van der Waals surface area (Å²) in [6.45, 7) is 5.64. The molecular formula is C11H19N5. The van der Waals surface area contributed by atoms with Gasteiger partial charge in [0.2, 0.25) is 0 Å². The molecule has 1 aromatic rings. The van der Waals surface area contributed by atoms with Crippen molar-refractivity contribution in [3.63, 3.8) is 0 Å². The van der Waals surface area contributed by atoms with Crippen LogP contribution in [0, 0.1) is 0 Å². The Hall–Kier alpha value is -1.36. The van der Waals surface area contributed by atoms with Crippen molar-refractivity contribution in [1.29, 1.82) is 0 Å². The van der Waals surface area contributed by atoms with Crippen molar-refractivity contribution in [3.05, 3.63) is 12.4 Å². The summed E-state index contributed by atoms with van der Waals surface area (Å²) < 4.78 is 0. The van der Waals surface area contributed by atoms with Crippen molar-refractivity contribution >= 4 is 11.6 Å². The van der Waals surface area contributed by atoms with E-state index in [1.807, 2.05) is 0 Å². The molecule has 0 amide bonds. The highest BCUT2D eigenvalue weighted by Crippen LogP contribution is 2.10. The number of rotatable bonds is 4. The van der Waals surface area contributed by atoms with Crippen LogP contribution in [0.3, 0.4) is 0 Å². The largest absolute Gasteiger partial charge is 0.382 e. The normalized spacial score (nSPS) is 18.6. The van der Waals surface area contributed by atoms with Crippen LogP contribution < -0.4 is 11.1 Å². The molecule has 0 saturated carbocycles. The fourth-order valence-corrected chi connectivity index (χ4v) is 2.10. The van der Waals surface area contributed by atoms with E-state index in [1.54, 1.807) is 12.4 Å². The molecule has 3 N–H and O–H groups in total. The second-order valence-corrected chi connectivity index (χ2v) is 4.38. The molecule has 88 valence electrons. The Balaban J connectivity index is 1.84. The first-order valence-electron chi connectivity index (χ1n) is 5.80. The van der Waals surface area contributed by atoms with Crippen molar-refractivity contribution < 1.29 is 0 Å². The van der Waals surface area contributed by atoms with E-state index in [1.165, 1.54) is 25.9 Å². The summed E-state index contributed by atoms with van der Waals surface area (Å²) in [4.78, 5) is 10.6.